The number of aliphatic carboxylic acids is 1. The van der Waals surface area contributed by atoms with Crippen LogP contribution in [0.4, 0.5) is 0 Å². The maximum Gasteiger partial charge on any atom is 0.326 e. The minimum Gasteiger partial charge on any atom is -0.493 e. The SMILES string of the molecule is COc1cccc(C=C2Oc3cc(OCC(=O)NC(Cc4c[nH]c5ccccc45)C(=O)O)ccc3C2=O)c1OC. The van der Waals surface area contributed by atoms with Crippen LogP contribution in [0.5, 0.6) is 23.0 Å². The predicted octanol–water partition coefficient (Wildman–Crippen LogP) is 3.99. The number of benzene rings is 3. The van der Waals surface area contributed by atoms with Crippen molar-refractivity contribution >= 4 is 34.6 Å². The topological polar surface area (TPSA) is 136 Å². The average molecular weight is 543 g/mol. The minimum atomic E-state index is -1.16. The van der Waals surface area contributed by atoms with E-state index in [1.807, 2.05) is 24.3 Å². The number of nitrogens with one attached hydrogen (secondary N) is 2. The molecule has 10 nitrogen and oxygen atoms in total. The van der Waals surface area contributed by atoms with Gasteiger partial charge in [-0.25, -0.2) is 4.79 Å². The number of methoxy groups -OCH3 is 2. The van der Waals surface area contributed by atoms with Crippen LogP contribution in [0, 0.1) is 0 Å². The number of ether oxygens (including phenoxy) is 4. The van der Waals surface area contributed by atoms with Gasteiger partial charge in [0.25, 0.3) is 5.91 Å². The minimum absolute atomic E-state index is 0.0954. The van der Waals surface area contributed by atoms with Gasteiger partial charge in [0.05, 0.1) is 19.8 Å². The second kappa shape index (κ2) is 11.2. The Kier molecular flexibility index (Phi) is 7.41. The van der Waals surface area contributed by atoms with Gasteiger partial charge in [0.15, 0.2) is 23.9 Å². The van der Waals surface area contributed by atoms with E-state index in [2.05, 4.69) is 10.3 Å². The maximum absolute atomic E-state index is 12.9. The van der Waals surface area contributed by atoms with Crippen molar-refractivity contribution in [1.29, 1.82) is 0 Å². The molecule has 0 fully saturated rings. The number of hydrogen-bond acceptors (Lipinski definition) is 7. The zero-order chi connectivity index (χ0) is 28.2. The third kappa shape index (κ3) is 5.32. The number of rotatable bonds is 10. The fraction of sp³-hybridized carbons (Fsp3) is 0.167. The summed E-state index contributed by atoms with van der Waals surface area (Å²) in [5, 5.41) is 13.1. The smallest absolute Gasteiger partial charge is 0.326 e. The Balaban J connectivity index is 1.23. The van der Waals surface area contributed by atoms with Crippen molar-refractivity contribution in [3.63, 3.8) is 0 Å². The molecule has 0 radical (unpaired) electrons. The first-order valence-corrected chi connectivity index (χ1v) is 12.4. The van der Waals surface area contributed by atoms with E-state index in [1.165, 1.54) is 20.3 Å². The Morgan fingerprint density at radius 1 is 1.07 bits per heavy atom. The summed E-state index contributed by atoms with van der Waals surface area (Å²) in [6.07, 6.45) is 3.41. The lowest BCUT2D eigenvalue weighted by atomic mass is 10.1. The molecule has 40 heavy (non-hydrogen) atoms. The van der Waals surface area contributed by atoms with Gasteiger partial charge in [0, 0.05) is 35.2 Å². The first-order valence-electron chi connectivity index (χ1n) is 12.4. The summed E-state index contributed by atoms with van der Waals surface area (Å²) in [7, 11) is 3.03. The van der Waals surface area contributed by atoms with Gasteiger partial charge in [0.2, 0.25) is 5.78 Å². The standard InChI is InChI=1S/C30H26N2O8/c1-37-24-9-5-6-17(29(24)38-2)13-26-28(34)21-11-10-19(14-25(21)40-26)39-16-27(33)32-23(30(35)36)12-18-15-31-22-8-4-3-7-20(18)22/h3-11,13-15,23,31H,12,16H2,1-2H3,(H,32,33)(H,35,36). The lowest BCUT2D eigenvalue weighted by Crippen LogP contribution is -2.44. The average Bonchev–Trinajstić information content (AvgIpc) is 3.51. The predicted molar refractivity (Wildman–Crippen MR) is 146 cm³/mol. The number of fused-ring (bicyclic) bond motifs is 2. The van der Waals surface area contributed by atoms with Crippen LogP contribution in [0.15, 0.2) is 72.6 Å². The lowest BCUT2D eigenvalue weighted by Gasteiger charge is -2.15. The number of allylic oxidation sites excluding steroid dienone is 1. The van der Waals surface area contributed by atoms with Crippen molar-refractivity contribution in [3.05, 3.63) is 89.3 Å². The van der Waals surface area contributed by atoms with Gasteiger partial charge in [-0.1, -0.05) is 30.3 Å². The molecule has 1 amide bonds. The van der Waals surface area contributed by atoms with Crippen molar-refractivity contribution < 1.29 is 38.4 Å². The summed E-state index contributed by atoms with van der Waals surface area (Å²) < 4.78 is 22.1. The number of carboxylic acids is 1. The largest absolute Gasteiger partial charge is 0.493 e. The first kappa shape index (κ1) is 26.4. The molecule has 0 saturated carbocycles. The Morgan fingerprint density at radius 3 is 2.67 bits per heavy atom. The van der Waals surface area contributed by atoms with Crippen LogP contribution in [0.3, 0.4) is 0 Å². The Labute approximate surface area is 229 Å². The zero-order valence-electron chi connectivity index (χ0n) is 21.7. The van der Waals surface area contributed by atoms with Gasteiger partial charge in [-0.3, -0.25) is 9.59 Å². The molecule has 5 rings (SSSR count). The number of carboxylic acid groups (broad SMARTS) is 1. The molecular formula is C30H26N2O8. The van der Waals surface area contributed by atoms with E-state index in [4.69, 9.17) is 18.9 Å². The van der Waals surface area contributed by atoms with E-state index in [1.54, 1.807) is 42.6 Å². The highest BCUT2D eigenvalue weighted by molar-refractivity contribution is 6.14. The molecule has 0 saturated heterocycles. The molecule has 1 aromatic heterocycles. The molecule has 1 unspecified atom stereocenters. The van der Waals surface area contributed by atoms with E-state index in [9.17, 15) is 19.5 Å². The number of carbonyl (C=O) groups is 3. The lowest BCUT2D eigenvalue weighted by molar-refractivity contribution is -0.142. The van der Waals surface area contributed by atoms with Gasteiger partial charge in [-0.05, 0) is 35.9 Å². The molecule has 1 atom stereocenters. The van der Waals surface area contributed by atoms with Crippen molar-refractivity contribution in [2.75, 3.05) is 20.8 Å². The van der Waals surface area contributed by atoms with Crippen molar-refractivity contribution in [2.24, 2.45) is 0 Å². The van der Waals surface area contributed by atoms with Crippen LogP contribution in [0.2, 0.25) is 0 Å². The highest BCUT2D eigenvalue weighted by atomic mass is 16.5. The van der Waals surface area contributed by atoms with Gasteiger partial charge in [-0.2, -0.15) is 0 Å². The van der Waals surface area contributed by atoms with E-state index in [-0.39, 0.29) is 29.5 Å². The van der Waals surface area contributed by atoms with E-state index in [0.29, 0.717) is 22.6 Å². The number of Topliss-reactive ketones (excluding diaryl/α,β-unsaturated/α-hetero) is 1. The second-order valence-electron chi connectivity index (χ2n) is 8.99. The van der Waals surface area contributed by atoms with Crippen LogP contribution < -0.4 is 24.3 Å². The Morgan fingerprint density at radius 2 is 1.90 bits per heavy atom. The summed E-state index contributed by atoms with van der Waals surface area (Å²) in [5.41, 5.74) is 2.61. The maximum atomic E-state index is 12.9. The Bertz CT molecular complexity index is 1640. The molecule has 204 valence electrons. The number of aromatic amines is 1. The number of aromatic nitrogens is 1. The summed E-state index contributed by atoms with van der Waals surface area (Å²) in [6, 6.07) is 16.3. The zero-order valence-corrected chi connectivity index (χ0v) is 21.7. The summed E-state index contributed by atoms with van der Waals surface area (Å²) in [6.45, 7) is -0.423. The monoisotopic (exact) mass is 542 g/mol. The molecule has 1 aliphatic heterocycles. The number of ketones is 1. The first-order chi connectivity index (χ1) is 19.4. The van der Waals surface area contributed by atoms with Gasteiger partial charge in [0.1, 0.15) is 17.5 Å². The Hall–Kier alpha value is -5.25. The fourth-order valence-corrected chi connectivity index (χ4v) is 4.53. The number of para-hydroxylation sites is 2. The van der Waals surface area contributed by atoms with Crippen LogP contribution in [0.25, 0.3) is 17.0 Å². The van der Waals surface area contributed by atoms with Crippen molar-refractivity contribution in [3.8, 4) is 23.0 Å². The molecule has 0 bridgehead atoms. The molecule has 3 N–H and O–H groups in total. The molecule has 0 aliphatic carbocycles. The van der Waals surface area contributed by atoms with Gasteiger partial charge >= 0.3 is 5.97 Å². The second-order valence-corrected chi connectivity index (χ2v) is 8.99. The highest BCUT2D eigenvalue weighted by Gasteiger charge is 2.29. The quantitative estimate of drug-likeness (QED) is 0.256. The number of amides is 1. The molecular weight excluding hydrogens is 516 g/mol. The van der Waals surface area contributed by atoms with Gasteiger partial charge in [-0.15, -0.1) is 0 Å². The van der Waals surface area contributed by atoms with Crippen LogP contribution in [-0.4, -0.2) is 54.6 Å². The van der Waals surface area contributed by atoms with E-state index < -0.39 is 24.5 Å². The molecule has 4 aromatic rings. The van der Waals surface area contributed by atoms with Crippen molar-refractivity contribution in [2.45, 2.75) is 12.5 Å². The van der Waals surface area contributed by atoms with Crippen molar-refractivity contribution in [1.82, 2.24) is 10.3 Å². The molecule has 2 heterocycles. The third-order valence-corrected chi connectivity index (χ3v) is 6.46. The molecule has 0 spiro atoms. The van der Waals surface area contributed by atoms with Gasteiger partial charge < -0.3 is 34.4 Å². The normalized spacial score (nSPS) is 13.9. The van der Waals surface area contributed by atoms with Crippen LogP contribution >= 0.6 is 0 Å². The molecule has 10 heteroatoms. The fourth-order valence-electron chi connectivity index (χ4n) is 4.53. The number of hydrogen-bond donors (Lipinski definition) is 3. The summed E-state index contributed by atoms with van der Waals surface area (Å²) >= 11 is 0. The summed E-state index contributed by atoms with van der Waals surface area (Å²) in [4.78, 5) is 40.4. The third-order valence-electron chi connectivity index (χ3n) is 6.46. The van der Waals surface area contributed by atoms with Crippen LogP contribution in [-0.2, 0) is 16.0 Å². The molecule has 1 aliphatic rings. The van der Waals surface area contributed by atoms with E-state index >= 15 is 0 Å². The van der Waals surface area contributed by atoms with Crippen LogP contribution in [0.1, 0.15) is 21.5 Å². The van der Waals surface area contributed by atoms with E-state index in [0.717, 1.165) is 16.5 Å². The number of carbonyl (C=O) groups excluding carboxylic acids is 2. The highest BCUT2D eigenvalue weighted by Crippen LogP contribution is 2.37. The number of H-pyrrole nitrogens is 1. The summed E-state index contributed by atoms with van der Waals surface area (Å²) in [5.74, 6) is -0.442. The molecule has 3 aromatic carbocycles.